The Bertz CT molecular complexity index is 1050. The Labute approximate surface area is 147 Å². The average molecular weight is 353 g/mol. The molecule has 25 heavy (non-hydrogen) atoms. The number of nitro groups is 1. The van der Waals surface area contributed by atoms with Gasteiger partial charge < -0.3 is 4.98 Å². The molecule has 1 N–H and O–H groups in total. The van der Waals surface area contributed by atoms with Gasteiger partial charge in [-0.1, -0.05) is 6.08 Å². The van der Waals surface area contributed by atoms with Gasteiger partial charge in [0.15, 0.2) is 0 Å². The molecule has 7 heteroatoms. The van der Waals surface area contributed by atoms with E-state index in [0.717, 1.165) is 35.0 Å². The number of H-pyrrole nitrogens is 1. The number of hydrogen-bond acceptors (Lipinski definition) is 5. The summed E-state index contributed by atoms with van der Waals surface area (Å²) < 4.78 is 0. The van der Waals surface area contributed by atoms with Gasteiger partial charge in [-0.15, -0.1) is 11.3 Å². The molecule has 0 fully saturated rings. The van der Waals surface area contributed by atoms with Crippen LogP contribution in [-0.4, -0.2) is 14.9 Å². The SMILES string of the molecule is O=c1[nH]c(C=Cc2ccc([N+](=O)[O-])cc2)nc2sc3c(c12)CCCC3. The van der Waals surface area contributed by atoms with Crippen molar-refractivity contribution in [2.75, 3.05) is 0 Å². The summed E-state index contributed by atoms with van der Waals surface area (Å²) in [6, 6.07) is 6.23. The van der Waals surface area contributed by atoms with E-state index >= 15 is 0 Å². The minimum absolute atomic E-state index is 0.0502. The van der Waals surface area contributed by atoms with E-state index in [1.54, 1.807) is 35.6 Å². The fourth-order valence-corrected chi connectivity index (χ4v) is 4.41. The maximum Gasteiger partial charge on any atom is 0.269 e. The van der Waals surface area contributed by atoms with Gasteiger partial charge in [0.2, 0.25) is 0 Å². The molecule has 0 spiro atoms. The summed E-state index contributed by atoms with van der Waals surface area (Å²) >= 11 is 1.61. The van der Waals surface area contributed by atoms with Crippen molar-refractivity contribution in [2.45, 2.75) is 25.7 Å². The second-order valence-corrected chi connectivity index (χ2v) is 7.11. The molecule has 0 saturated carbocycles. The van der Waals surface area contributed by atoms with Crippen molar-refractivity contribution in [3.63, 3.8) is 0 Å². The van der Waals surface area contributed by atoms with E-state index in [9.17, 15) is 14.9 Å². The molecule has 2 heterocycles. The van der Waals surface area contributed by atoms with E-state index in [2.05, 4.69) is 9.97 Å². The Morgan fingerprint density at radius 2 is 1.92 bits per heavy atom. The number of aromatic nitrogens is 2. The first-order valence-corrected chi connectivity index (χ1v) is 8.90. The quantitative estimate of drug-likeness (QED) is 0.570. The molecule has 0 atom stereocenters. The van der Waals surface area contributed by atoms with E-state index < -0.39 is 4.92 Å². The van der Waals surface area contributed by atoms with Crippen LogP contribution in [0.25, 0.3) is 22.4 Å². The number of nitro benzene ring substituents is 1. The third-order valence-corrected chi connectivity index (χ3v) is 5.57. The van der Waals surface area contributed by atoms with Crippen LogP contribution in [-0.2, 0) is 12.8 Å². The van der Waals surface area contributed by atoms with Crippen molar-refractivity contribution in [3.8, 4) is 0 Å². The van der Waals surface area contributed by atoms with Gasteiger partial charge in [0.1, 0.15) is 10.7 Å². The van der Waals surface area contributed by atoms with Crippen LogP contribution in [0.1, 0.15) is 34.7 Å². The Morgan fingerprint density at radius 1 is 1.16 bits per heavy atom. The summed E-state index contributed by atoms with van der Waals surface area (Å²) in [5, 5.41) is 11.4. The first-order valence-electron chi connectivity index (χ1n) is 8.09. The van der Waals surface area contributed by atoms with Gasteiger partial charge in [-0.25, -0.2) is 4.98 Å². The fourth-order valence-electron chi connectivity index (χ4n) is 3.14. The molecule has 4 rings (SSSR count). The minimum atomic E-state index is -0.432. The largest absolute Gasteiger partial charge is 0.306 e. The topological polar surface area (TPSA) is 88.9 Å². The average Bonchev–Trinajstić information content (AvgIpc) is 2.99. The van der Waals surface area contributed by atoms with Gasteiger partial charge in [0, 0.05) is 17.0 Å². The highest BCUT2D eigenvalue weighted by molar-refractivity contribution is 7.18. The van der Waals surface area contributed by atoms with Crippen molar-refractivity contribution in [2.24, 2.45) is 0 Å². The van der Waals surface area contributed by atoms with Crippen LogP contribution in [0.4, 0.5) is 5.69 Å². The number of nitrogens with zero attached hydrogens (tertiary/aromatic N) is 2. The lowest BCUT2D eigenvalue weighted by Gasteiger charge is -2.09. The Hall–Kier alpha value is -2.80. The number of benzene rings is 1. The number of thiophene rings is 1. The highest BCUT2D eigenvalue weighted by atomic mass is 32.1. The predicted octanol–water partition coefficient (Wildman–Crippen LogP) is 3.94. The van der Waals surface area contributed by atoms with Gasteiger partial charge >= 0.3 is 0 Å². The Morgan fingerprint density at radius 3 is 2.68 bits per heavy atom. The number of non-ortho nitro benzene ring substituents is 1. The molecule has 126 valence electrons. The number of aromatic amines is 1. The van der Waals surface area contributed by atoms with Gasteiger partial charge in [0.25, 0.3) is 11.2 Å². The molecule has 1 aliphatic carbocycles. The fraction of sp³-hybridized carbons (Fsp3) is 0.222. The zero-order valence-corrected chi connectivity index (χ0v) is 14.1. The number of fused-ring (bicyclic) bond motifs is 3. The number of aryl methyl sites for hydroxylation is 2. The second-order valence-electron chi connectivity index (χ2n) is 6.02. The molecule has 6 nitrogen and oxygen atoms in total. The number of rotatable bonds is 3. The van der Waals surface area contributed by atoms with Gasteiger partial charge in [-0.3, -0.25) is 14.9 Å². The molecule has 0 unspecified atom stereocenters. The lowest BCUT2D eigenvalue weighted by atomic mass is 9.97. The molecule has 0 saturated heterocycles. The van der Waals surface area contributed by atoms with Crippen molar-refractivity contribution in [1.29, 1.82) is 0 Å². The number of hydrogen-bond donors (Lipinski definition) is 1. The standard InChI is InChI=1S/C18H15N3O3S/c22-17-16-13-3-1-2-4-14(13)25-18(16)20-15(19-17)10-7-11-5-8-12(9-6-11)21(23)24/h5-10H,1-4H2,(H,19,20,22). The molecule has 0 bridgehead atoms. The van der Waals surface area contributed by atoms with Crippen molar-refractivity contribution in [3.05, 3.63) is 66.6 Å². The molecular formula is C18H15N3O3S. The predicted molar refractivity (Wildman–Crippen MR) is 98.9 cm³/mol. The first kappa shape index (κ1) is 15.7. The normalized spacial score (nSPS) is 14.1. The van der Waals surface area contributed by atoms with Crippen LogP contribution >= 0.6 is 11.3 Å². The van der Waals surface area contributed by atoms with Crippen LogP contribution in [0.2, 0.25) is 0 Å². The maximum absolute atomic E-state index is 12.5. The zero-order valence-electron chi connectivity index (χ0n) is 13.3. The van der Waals surface area contributed by atoms with E-state index in [4.69, 9.17) is 0 Å². The minimum Gasteiger partial charge on any atom is -0.306 e. The lowest BCUT2D eigenvalue weighted by molar-refractivity contribution is -0.384. The molecule has 1 aromatic carbocycles. The Balaban J connectivity index is 1.67. The van der Waals surface area contributed by atoms with E-state index in [-0.39, 0.29) is 11.2 Å². The number of nitrogens with one attached hydrogen (secondary N) is 1. The molecule has 0 amide bonds. The summed E-state index contributed by atoms with van der Waals surface area (Å²) in [6.45, 7) is 0. The highest BCUT2D eigenvalue weighted by Crippen LogP contribution is 2.33. The molecule has 3 aromatic rings. The Kier molecular flexibility index (Phi) is 3.93. The lowest BCUT2D eigenvalue weighted by Crippen LogP contribution is -2.11. The van der Waals surface area contributed by atoms with Crippen LogP contribution in [0.3, 0.4) is 0 Å². The maximum atomic E-state index is 12.5. The molecule has 0 radical (unpaired) electrons. The van der Waals surface area contributed by atoms with Gasteiger partial charge in [-0.05, 0) is 55.0 Å². The third kappa shape index (κ3) is 2.98. The van der Waals surface area contributed by atoms with Crippen LogP contribution < -0.4 is 5.56 Å². The van der Waals surface area contributed by atoms with Crippen molar-refractivity contribution < 1.29 is 4.92 Å². The van der Waals surface area contributed by atoms with E-state index in [0.29, 0.717) is 5.82 Å². The highest BCUT2D eigenvalue weighted by Gasteiger charge is 2.19. The van der Waals surface area contributed by atoms with E-state index in [1.807, 2.05) is 0 Å². The van der Waals surface area contributed by atoms with Crippen LogP contribution in [0, 0.1) is 10.1 Å². The third-order valence-electron chi connectivity index (χ3n) is 4.38. The zero-order chi connectivity index (χ0) is 17.4. The van der Waals surface area contributed by atoms with Gasteiger partial charge in [0.05, 0.1) is 10.3 Å². The smallest absolute Gasteiger partial charge is 0.269 e. The summed E-state index contributed by atoms with van der Waals surface area (Å²) in [5.74, 6) is 0.495. The molecule has 0 aliphatic heterocycles. The molecule has 2 aromatic heterocycles. The molecular weight excluding hydrogens is 338 g/mol. The van der Waals surface area contributed by atoms with E-state index in [1.165, 1.54) is 29.0 Å². The van der Waals surface area contributed by atoms with Crippen LogP contribution in [0.15, 0.2) is 29.1 Å². The monoisotopic (exact) mass is 353 g/mol. The summed E-state index contributed by atoms with van der Waals surface area (Å²) in [6.07, 6.45) is 7.79. The van der Waals surface area contributed by atoms with Crippen molar-refractivity contribution in [1.82, 2.24) is 9.97 Å². The summed E-state index contributed by atoms with van der Waals surface area (Å²) in [7, 11) is 0. The second kappa shape index (κ2) is 6.25. The summed E-state index contributed by atoms with van der Waals surface area (Å²) in [4.78, 5) is 32.2. The summed E-state index contributed by atoms with van der Waals surface area (Å²) in [5.41, 5.74) is 1.94. The first-order chi connectivity index (χ1) is 12.1. The van der Waals surface area contributed by atoms with Crippen LogP contribution in [0.5, 0.6) is 0 Å². The molecule has 1 aliphatic rings. The van der Waals surface area contributed by atoms with Crippen molar-refractivity contribution >= 4 is 39.4 Å². The van der Waals surface area contributed by atoms with Gasteiger partial charge in [-0.2, -0.15) is 0 Å².